The first-order valence-corrected chi connectivity index (χ1v) is 12.5. The molecule has 3 heterocycles. The highest BCUT2D eigenvalue weighted by Gasteiger charge is 2.37. The molecule has 11 heteroatoms. The number of thiophene rings is 1. The van der Waals surface area contributed by atoms with Gasteiger partial charge in [-0.05, 0) is 38.6 Å². The van der Waals surface area contributed by atoms with E-state index in [-0.39, 0.29) is 40.6 Å². The molecule has 190 valence electrons. The number of esters is 1. The Morgan fingerprint density at radius 3 is 2.19 bits per heavy atom. The van der Waals surface area contributed by atoms with Crippen molar-refractivity contribution < 1.29 is 28.7 Å². The van der Waals surface area contributed by atoms with Gasteiger partial charge in [0, 0.05) is 26.2 Å². The zero-order valence-electron chi connectivity index (χ0n) is 20.5. The van der Waals surface area contributed by atoms with Crippen molar-refractivity contribution in [2.24, 2.45) is 0 Å². The minimum Gasteiger partial charge on any atom is -0.462 e. The highest BCUT2D eigenvalue weighted by Crippen LogP contribution is 2.34. The number of nitrogens with zero attached hydrogens (tertiary/aromatic N) is 3. The molecule has 0 atom stereocenters. The molecule has 1 fully saturated rings. The molecule has 0 radical (unpaired) electrons. The first-order chi connectivity index (χ1) is 17.2. The Morgan fingerprint density at radius 1 is 1.00 bits per heavy atom. The lowest BCUT2D eigenvalue weighted by Gasteiger charge is -2.31. The lowest BCUT2D eigenvalue weighted by molar-refractivity contribution is -0.116. The van der Waals surface area contributed by atoms with Crippen molar-refractivity contribution in [3.05, 3.63) is 51.4 Å². The van der Waals surface area contributed by atoms with E-state index in [9.17, 15) is 24.0 Å². The number of hydrogen-bond donors (Lipinski definition) is 1. The monoisotopic (exact) mass is 512 g/mol. The van der Waals surface area contributed by atoms with E-state index in [0.717, 1.165) is 42.4 Å². The molecule has 1 N–H and O–H groups in total. The largest absolute Gasteiger partial charge is 0.462 e. The van der Waals surface area contributed by atoms with E-state index >= 15 is 0 Å². The fourth-order valence-corrected chi connectivity index (χ4v) is 5.43. The van der Waals surface area contributed by atoms with Gasteiger partial charge in [0.1, 0.15) is 11.5 Å². The Balaban J connectivity index is 1.52. The number of ketones is 1. The van der Waals surface area contributed by atoms with Crippen LogP contribution < -0.4 is 5.32 Å². The second-order valence-electron chi connectivity index (χ2n) is 8.77. The minimum atomic E-state index is -0.658. The van der Waals surface area contributed by atoms with E-state index in [1.165, 1.54) is 12.1 Å². The van der Waals surface area contributed by atoms with E-state index in [1.54, 1.807) is 26.0 Å². The number of hydrogen-bond acceptors (Lipinski definition) is 9. The first kappa shape index (κ1) is 25.7. The number of ether oxygens (including phenoxy) is 1. The molecule has 2 aromatic rings. The van der Waals surface area contributed by atoms with E-state index in [0.29, 0.717) is 10.4 Å². The fraction of sp³-hybridized carbons (Fsp3) is 0.400. The summed E-state index contributed by atoms with van der Waals surface area (Å²) in [7, 11) is 2.03. The van der Waals surface area contributed by atoms with Crippen molar-refractivity contribution in [1.29, 1.82) is 0 Å². The molecule has 1 aromatic carbocycles. The smallest absolute Gasteiger partial charge is 0.341 e. The number of carbonyl (C=O) groups is 5. The van der Waals surface area contributed by atoms with Gasteiger partial charge in [0.15, 0.2) is 5.78 Å². The van der Waals surface area contributed by atoms with Gasteiger partial charge in [0.05, 0.1) is 34.7 Å². The van der Waals surface area contributed by atoms with Crippen molar-refractivity contribution in [2.75, 3.05) is 58.2 Å². The summed E-state index contributed by atoms with van der Waals surface area (Å²) in [6.07, 6.45) is 0. The highest BCUT2D eigenvalue weighted by atomic mass is 32.1. The highest BCUT2D eigenvalue weighted by molar-refractivity contribution is 7.18. The fourth-order valence-electron chi connectivity index (χ4n) is 4.29. The molecule has 10 nitrogen and oxygen atoms in total. The quantitative estimate of drug-likeness (QED) is 0.324. The molecular weight excluding hydrogens is 484 g/mol. The molecule has 0 spiro atoms. The number of Topliss-reactive ketones (excluding diaryl/α,β-unsaturated/α-hetero) is 1. The van der Waals surface area contributed by atoms with Gasteiger partial charge < -0.3 is 15.0 Å². The van der Waals surface area contributed by atoms with Gasteiger partial charge in [0.2, 0.25) is 5.91 Å². The second kappa shape index (κ2) is 10.7. The second-order valence-corrected chi connectivity index (χ2v) is 9.79. The van der Waals surface area contributed by atoms with Gasteiger partial charge in [-0.2, -0.15) is 0 Å². The van der Waals surface area contributed by atoms with Gasteiger partial charge in [-0.1, -0.05) is 12.1 Å². The van der Waals surface area contributed by atoms with Crippen LogP contribution in [0.1, 0.15) is 53.2 Å². The zero-order valence-corrected chi connectivity index (χ0v) is 21.3. The minimum absolute atomic E-state index is 0.110. The molecule has 3 amide bonds. The van der Waals surface area contributed by atoms with Crippen molar-refractivity contribution >= 4 is 45.8 Å². The molecule has 2 aliphatic heterocycles. The summed E-state index contributed by atoms with van der Waals surface area (Å²) in [6.45, 7) is 6.40. The molecule has 1 aromatic heterocycles. The van der Waals surface area contributed by atoms with Crippen molar-refractivity contribution in [1.82, 2.24) is 14.7 Å². The molecule has 2 aliphatic rings. The predicted molar refractivity (Wildman–Crippen MR) is 134 cm³/mol. The van der Waals surface area contributed by atoms with E-state index in [1.807, 2.05) is 7.05 Å². The number of piperazine rings is 1. The van der Waals surface area contributed by atoms with Gasteiger partial charge in [-0.3, -0.25) is 29.0 Å². The van der Waals surface area contributed by atoms with Crippen LogP contribution in [0.2, 0.25) is 0 Å². The Labute approximate surface area is 212 Å². The maximum absolute atomic E-state index is 13.1. The number of anilines is 1. The van der Waals surface area contributed by atoms with Crippen molar-refractivity contribution in [2.45, 2.75) is 13.8 Å². The Bertz CT molecular complexity index is 1200. The summed E-state index contributed by atoms with van der Waals surface area (Å²) in [5, 5.41) is 2.79. The average molecular weight is 513 g/mol. The van der Waals surface area contributed by atoms with Crippen LogP contribution in [0.15, 0.2) is 24.3 Å². The molecule has 4 rings (SSSR count). The maximum Gasteiger partial charge on any atom is 0.341 e. The van der Waals surface area contributed by atoms with Crippen LogP contribution in [0.4, 0.5) is 5.00 Å². The zero-order chi connectivity index (χ0) is 26.0. The van der Waals surface area contributed by atoms with E-state index in [2.05, 4.69) is 15.1 Å². The number of carbonyl (C=O) groups excluding carboxylic acids is 5. The Morgan fingerprint density at radius 2 is 1.61 bits per heavy atom. The molecule has 0 bridgehead atoms. The van der Waals surface area contributed by atoms with Crippen LogP contribution in [0, 0.1) is 6.92 Å². The maximum atomic E-state index is 13.1. The van der Waals surface area contributed by atoms with Gasteiger partial charge in [-0.25, -0.2) is 4.79 Å². The first-order valence-electron chi connectivity index (χ1n) is 11.7. The third kappa shape index (κ3) is 5.08. The normalized spacial score (nSPS) is 16.2. The lowest BCUT2D eigenvalue weighted by Crippen LogP contribution is -2.46. The summed E-state index contributed by atoms with van der Waals surface area (Å²) in [5.41, 5.74) is 1.03. The molecule has 1 saturated heterocycles. The summed E-state index contributed by atoms with van der Waals surface area (Å²) in [4.78, 5) is 69.4. The molecule has 0 saturated carbocycles. The molecule has 0 aliphatic carbocycles. The average Bonchev–Trinajstić information content (AvgIpc) is 3.30. The number of amides is 3. The van der Waals surface area contributed by atoms with Crippen LogP contribution in [0.5, 0.6) is 0 Å². The number of likely N-dealkylation sites (N-methyl/N-ethyl adjacent to an activating group) is 1. The summed E-state index contributed by atoms with van der Waals surface area (Å²) in [6, 6.07) is 6.36. The molecule has 36 heavy (non-hydrogen) atoms. The standard InChI is InChI=1S/C25H28N4O6S/c1-4-35-25(34)20-15(2)21(18(30)13-28-11-9-27(3)10-12-28)36-22(20)26-19(31)14-29-23(32)16-7-5-6-8-17(16)24(29)33/h5-8H,4,9-14H2,1-3H3,(H,26,31). The van der Waals surface area contributed by atoms with Crippen LogP contribution in [0.3, 0.4) is 0 Å². The summed E-state index contributed by atoms with van der Waals surface area (Å²) in [5.74, 6) is -2.56. The van der Waals surface area contributed by atoms with Crippen LogP contribution >= 0.6 is 11.3 Å². The molecule has 0 unspecified atom stereocenters. The topological polar surface area (TPSA) is 116 Å². The van der Waals surface area contributed by atoms with Gasteiger partial charge in [-0.15, -0.1) is 11.3 Å². The summed E-state index contributed by atoms with van der Waals surface area (Å²) >= 11 is 1.00. The van der Waals surface area contributed by atoms with Gasteiger partial charge >= 0.3 is 5.97 Å². The van der Waals surface area contributed by atoms with Crippen LogP contribution in [-0.4, -0.2) is 97.1 Å². The lowest BCUT2D eigenvalue weighted by atomic mass is 10.1. The number of nitrogens with one attached hydrogen (secondary N) is 1. The predicted octanol–water partition coefficient (Wildman–Crippen LogP) is 1.90. The van der Waals surface area contributed by atoms with Crippen LogP contribution in [0.25, 0.3) is 0 Å². The number of imide groups is 1. The van der Waals surface area contributed by atoms with Crippen molar-refractivity contribution in [3.8, 4) is 0 Å². The van der Waals surface area contributed by atoms with Crippen molar-refractivity contribution in [3.63, 3.8) is 0 Å². The van der Waals surface area contributed by atoms with E-state index < -0.39 is 30.2 Å². The number of rotatable bonds is 8. The van der Waals surface area contributed by atoms with Gasteiger partial charge in [0.25, 0.3) is 11.8 Å². The SMILES string of the molecule is CCOC(=O)c1c(NC(=O)CN2C(=O)c3ccccc3C2=O)sc(C(=O)CN2CCN(C)CC2)c1C. The summed E-state index contributed by atoms with van der Waals surface area (Å²) < 4.78 is 5.17. The Hall–Kier alpha value is -3.41. The number of fused-ring (bicyclic) bond motifs is 1. The molecular formula is C25H28N4O6S. The third-order valence-corrected chi connectivity index (χ3v) is 7.52. The number of benzene rings is 1. The third-order valence-electron chi connectivity index (χ3n) is 6.28. The van der Waals surface area contributed by atoms with Crippen LogP contribution in [-0.2, 0) is 9.53 Å². The van der Waals surface area contributed by atoms with E-state index in [4.69, 9.17) is 4.74 Å². The Kier molecular flexibility index (Phi) is 7.62.